The van der Waals surface area contributed by atoms with E-state index >= 15 is 0 Å². The smallest absolute Gasteiger partial charge is 0.127 e. The lowest BCUT2D eigenvalue weighted by Crippen LogP contribution is -2.21. The molecule has 2 heteroatoms. The van der Waals surface area contributed by atoms with Gasteiger partial charge in [-0.15, -0.1) is 0 Å². The molecule has 0 saturated carbocycles. The number of fused-ring (bicyclic) bond motifs is 1. The fraction of sp³-hybridized carbons (Fsp3) is 0.455. The van der Waals surface area contributed by atoms with Crippen LogP contribution in [0.1, 0.15) is 52.7 Å². The van der Waals surface area contributed by atoms with Gasteiger partial charge < -0.3 is 9.64 Å². The highest BCUT2D eigenvalue weighted by molar-refractivity contribution is 5.69. The van der Waals surface area contributed by atoms with E-state index in [4.69, 9.17) is 4.74 Å². The largest absolute Gasteiger partial charge is 0.492 e. The van der Waals surface area contributed by atoms with Crippen molar-refractivity contribution >= 4 is 11.4 Å². The molecule has 0 bridgehead atoms. The highest BCUT2D eigenvalue weighted by atomic mass is 16.5. The Morgan fingerprint density at radius 1 is 1.04 bits per heavy atom. The zero-order chi connectivity index (χ0) is 17.5. The first-order chi connectivity index (χ1) is 11.2. The van der Waals surface area contributed by atoms with Gasteiger partial charge in [0, 0.05) is 34.5 Å². The molecule has 2 aromatic rings. The molecule has 0 aromatic heterocycles. The van der Waals surface area contributed by atoms with E-state index in [0.29, 0.717) is 0 Å². The van der Waals surface area contributed by atoms with E-state index in [1.165, 1.54) is 22.5 Å². The molecular weight excluding hydrogens is 294 g/mol. The molecule has 0 fully saturated rings. The molecule has 0 radical (unpaired) electrons. The fourth-order valence-electron chi connectivity index (χ4n) is 3.44. The Morgan fingerprint density at radius 2 is 1.71 bits per heavy atom. The number of nitrogens with zero attached hydrogens (tertiary/aromatic N) is 1. The van der Waals surface area contributed by atoms with Crippen molar-refractivity contribution < 1.29 is 4.74 Å². The molecule has 2 nitrogen and oxygen atoms in total. The van der Waals surface area contributed by atoms with Gasteiger partial charge in [-0.25, -0.2) is 0 Å². The molecule has 2 aromatic carbocycles. The maximum absolute atomic E-state index is 6.13. The predicted molar refractivity (Wildman–Crippen MR) is 103 cm³/mol. The van der Waals surface area contributed by atoms with Crippen molar-refractivity contribution in [2.24, 2.45) is 0 Å². The van der Waals surface area contributed by atoms with Crippen molar-refractivity contribution in [3.8, 4) is 5.75 Å². The molecule has 0 unspecified atom stereocenters. The lowest BCUT2D eigenvalue weighted by Gasteiger charge is -2.29. The lowest BCUT2D eigenvalue weighted by molar-refractivity contribution is 0.286. The van der Waals surface area contributed by atoms with Gasteiger partial charge in [-0.1, -0.05) is 52.8 Å². The van der Waals surface area contributed by atoms with E-state index in [2.05, 4.69) is 88.9 Å². The van der Waals surface area contributed by atoms with Gasteiger partial charge in [-0.2, -0.15) is 0 Å². The average molecular weight is 323 g/mol. The van der Waals surface area contributed by atoms with Crippen LogP contribution in [0.3, 0.4) is 0 Å². The molecule has 1 aliphatic heterocycles. The van der Waals surface area contributed by atoms with Gasteiger partial charge >= 0.3 is 0 Å². The number of ether oxygens (including phenoxy) is 1. The number of anilines is 2. The molecule has 3 rings (SSSR count). The van der Waals surface area contributed by atoms with Gasteiger partial charge in [0.25, 0.3) is 0 Å². The van der Waals surface area contributed by atoms with Crippen LogP contribution in [0.15, 0.2) is 42.5 Å². The third kappa shape index (κ3) is 2.90. The monoisotopic (exact) mass is 323 g/mol. The fourth-order valence-corrected chi connectivity index (χ4v) is 3.44. The second-order valence-corrected chi connectivity index (χ2v) is 8.37. The maximum atomic E-state index is 6.13. The lowest BCUT2D eigenvalue weighted by atomic mass is 9.80. The van der Waals surface area contributed by atoms with Crippen molar-refractivity contribution in [1.82, 2.24) is 0 Å². The number of para-hydroxylation sites is 1. The molecule has 128 valence electrons. The summed E-state index contributed by atoms with van der Waals surface area (Å²) in [5, 5.41) is 0. The van der Waals surface area contributed by atoms with E-state index in [1.807, 2.05) is 0 Å². The molecule has 0 aliphatic carbocycles. The third-order valence-electron chi connectivity index (χ3n) is 4.88. The Kier molecular flexibility index (Phi) is 4.11. The number of hydrogen-bond acceptors (Lipinski definition) is 2. The molecule has 1 aliphatic rings. The molecular formula is C22H29NO. The third-order valence-corrected chi connectivity index (χ3v) is 4.88. The summed E-state index contributed by atoms with van der Waals surface area (Å²) in [6.45, 7) is 15.2. The molecule has 0 spiro atoms. The maximum Gasteiger partial charge on any atom is 0.127 e. The van der Waals surface area contributed by atoms with Crippen LogP contribution < -0.4 is 9.64 Å². The second-order valence-electron chi connectivity index (χ2n) is 8.37. The summed E-state index contributed by atoms with van der Waals surface area (Å²) in [5.74, 6) is 1.10. The first-order valence-electron chi connectivity index (χ1n) is 8.88. The van der Waals surface area contributed by atoms with Crippen LogP contribution in [0.25, 0.3) is 0 Å². The minimum absolute atomic E-state index is 0.0522. The standard InChI is InChI=1S/C22H29NO/c1-7-23(16-11-9-8-10-12-16)17-13-18(21(2,3)4)20-19(14-17)22(5,6)15-24-20/h8-14H,7,15H2,1-6H3. The Hall–Kier alpha value is -1.96. The van der Waals surface area contributed by atoms with Gasteiger partial charge in [0.2, 0.25) is 0 Å². The minimum atomic E-state index is 0.0522. The van der Waals surface area contributed by atoms with Gasteiger partial charge in [-0.05, 0) is 36.6 Å². The van der Waals surface area contributed by atoms with Crippen LogP contribution in [0, 0.1) is 0 Å². The molecule has 24 heavy (non-hydrogen) atoms. The van der Waals surface area contributed by atoms with E-state index in [9.17, 15) is 0 Å². The van der Waals surface area contributed by atoms with E-state index in [-0.39, 0.29) is 10.8 Å². The summed E-state index contributed by atoms with van der Waals surface area (Å²) in [7, 11) is 0. The highest BCUT2D eigenvalue weighted by Gasteiger charge is 2.36. The zero-order valence-electron chi connectivity index (χ0n) is 15.8. The van der Waals surface area contributed by atoms with Crippen LogP contribution >= 0.6 is 0 Å². The van der Waals surface area contributed by atoms with Crippen molar-refractivity contribution in [1.29, 1.82) is 0 Å². The topological polar surface area (TPSA) is 12.5 Å². The first-order valence-corrected chi connectivity index (χ1v) is 8.88. The summed E-state index contributed by atoms with van der Waals surface area (Å²) in [6, 6.07) is 15.3. The number of rotatable bonds is 3. The van der Waals surface area contributed by atoms with Gasteiger partial charge in [0.15, 0.2) is 0 Å². The molecule has 1 heterocycles. The van der Waals surface area contributed by atoms with Crippen LogP contribution in [0.2, 0.25) is 0 Å². The Morgan fingerprint density at radius 3 is 2.29 bits per heavy atom. The van der Waals surface area contributed by atoms with Gasteiger partial charge in [-0.3, -0.25) is 0 Å². The molecule has 0 amide bonds. The minimum Gasteiger partial charge on any atom is -0.492 e. The van der Waals surface area contributed by atoms with Crippen molar-refractivity contribution in [2.45, 2.75) is 52.4 Å². The Bertz CT molecular complexity index is 726. The van der Waals surface area contributed by atoms with Crippen molar-refractivity contribution in [2.75, 3.05) is 18.1 Å². The number of hydrogen-bond donors (Lipinski definition) is 0. The first kappa shape index (κ1) is 16.9. The summed E-state index contributed by atoms with van der Waals surface area (Å²) in [6.07, 6.45) is 0. The van der Waals surface area contributed by atoms with Crippen LogP contribution in [-0.2, 0) is 10.8 Å². The van der Waals surface area contributed by atoms with Crippen LogP contribution in [0.5, 0.6) is 5.75 Å². The highest BCUT2D eigenvalue weighted by Crippen LogP contribution is 2.47. The summed E-state index contributed by atoms with van der Waals surface area (Å²) in [5.41, 5.74) is 5.23. The second kappa shape index (κ2) is 5.84. The van der Waals surface area contributed by atoms with E-state index in [0.717, 1.165) is 18.9 Å². The average Bonchev–Trinajstić information content (AvgIpc) is 2.83. The SMILES string of the molecule is CCN(c1ccccc1)c1cc(C(C)(C)C)c2c(c1)C(C)(C)CO2. The predicted octanol–water partition coefficient (Wildman–Crippen LogP) is 5.81. The molecule has 0 atom stereocenters. The summed E-state index contributed by atoms with van der Waals surface area (Å²) >= 11 is 0. The normalized spacial score (nSPS) is 15.8. The quantitative estimate of drug-likeness (QED) is 0.706. The Labute approximate surface area is 146 Å². The zero-order valence-corrected chi connectivity index (χ0v) is 15.8. The van der Waals surface area contributed by atoms with Gasteiger partial charge in [0.1, 0.15) is 5.75 Å². The van der Waals surface area contributed by atoms with Crippen molar-refractivity contribution in [3.05, 3.63) is 53.6 Å². The summed E-state index contributed by atoms with van der Waals surface area (Å²) < 4.78 is 6.13. The number of benzene rings is 2. The molecule has 0 saturated heterocycles. The summed E-state index contributed by atoms with van der Waals surface area (Å²) in [4.78, 5) is 2.38. The van der Waals surface area contributed by atoms with E-state index < -0.39 is 0 Å². The van der Waals surface area contributed by atoms with Crippen LogP contribution in [0.4, 0.5) is 11.4 Å². The van der Waals surface area contributed by atoms with E-state index in [1.54, 1.807) is 0 Å². The Balaban J connectivity index is 2.19. The van der Waals surface area contributed by atoms with Gasteiger partial charge in [0.05, 0.1) is 6.61 Å². The van der Waals surface area contributed by atoms with Crippen LogP contribution in [-0.4, -0.2) is 13.2 Å². The van der Waals surface area contributed by atoms with Crippen molar-refractivity contribution in [3.63, 3.8) is 0 Å². The molecule has 0 N–H and O–H groups in total.